The van der Waals surface area contributed by atoms with Crippen LogP contribution in [0.25, 0.3) is 0 Å². The summed E-state index contributed by atoms with van der Waals surface area (Å²) in [4.78, 5) is 10.3. The van der Waals surface area contributed by atoms with E-state index in [2.05, 4.69) is 47.8 Å². The fourth-order valence-corrected chi connectivity index (χ4v) is 2.85. The molecule has 0 saturated carbocycles. The van der Waals surface area contributed by atoms with Gasteiger partial charge in [0.1, 0.15) is 0 Å². The molecule has 0 aliphatic rings. The first-order valence-corrected chi connectivity index (χ1v) is 5.25. The Kier molecular flexibility index (Phi) is 6.25. The fourth-order valence-electron chi connectivity index (χ4n) is 0.451. The van der Waals surface area contributed by atoms with Crippen LogP contribution in [0.2, 0.25) is 0 Å². The first-order valence-electron chi connectivity index (χ1n) is 2.63. The minimum absolute atomic E-state index is 0.0891. The second-order valence-electron chi connectivity index (χ2n) is 1.78. The van der Waals surface area contributed by atoms with E-state index in [0.717, 1.165) is 0 Å². The van der Waals surface area contributed by atoms with Crippen molar-refractivity contribution >= 4 is 52.5 Å². The molecule has 0 bridgehead atoms. The molecule has 1 nitrogen and oxygen atoms in total. The van der Waals surface area contributed by atoms with Crippen LogP contribution in [-0.2, 0) is 4.79 Å². The van der Waals surface area contributed by atoms with Crippen LogP contribution >= 0.6 is 47.8 Å². The largest absolute Gasteiger partial charge is 0.287 e. The van der Waals surface area contributed by atoms with E-state index in [-0.39, 0.29) is 9.52 Å². The molecule has 0 aliphatic heterocycles. The molecule has 0 saturated heterocycles. The molecule has 0 spiro atoms. The van der Waals surface area contributed by atoms with E-state index in [4.69, 9.17) is 0 Å². The van der Waals surface area contributed by atoms with Gasteiger partial charge in [-0.25, -0.2) is 4.39 Å². The molecule has 0 heterocycles. The lowest BCUT2D eigenvalue weighted by Crippen LogP contribution is -2.06. The average Bonchev–Trinajstić information content (AvgIpc) is 1.58. The van der Waals surface area contributed by atoms with E-state index in [1.807, 2.05) is 0 Å². The molecule has 0 fully saturated rings. The summed E-state index contributed by atoms with van der Waals surface area (Å²) in [5.74, 6) is 0. The normalized spacial score (nSPS) is 16.4. The van der Waals surface area contributed by atoms with Gasteiger partial charge in [0, 0.05) is 17.7 Å². The Labute approximate surface area is 84.1 Å². The Bertz CT molecular complexity index is 117. The minimum atomic E-state index is -1.04. The molecule has 0 rings (SSSR count). The maximum absolute atomic E-state index is 12.2. The van der Waals surface area contributed by atoms with E-state index >= 15 is 0 Å². The van der Waals surface area contributed by atoms with Crippen LogP contribution in [0.1, 0.15) is 12.8 Å². The summed E-state index contributed by atoms with van der Waals surface area (Å²) in [7, 11) is 0. The highest BCUT2D eigenvalue weighted by molar-refractivity contribution is 9.18. The SMILES string of the molecule is O=C(Br)CC(Br)CC(F)Br. The van der Waals surface area contributed by atoms with Crippen LogP contribution in [0, 0.1) is 0 Å². The van der Waals surface area contributed by atoms with Gasteiger partial charge in [0.05, 0.1) is 0 Å². The highest BCUT2D eigenvalue weighted by Crippen LogP contribution is 2.19. The third-order valence-electron chi connectivity index (χ3n) is 0.816. The zero-order valence-electron chi connectivity index (χ0n) is 4.99. The summed E-state index contributed by atoms with van der Waals surface area (Å²) in [5.41, 5.74) is 0. The monoisotopic (exact) mass is 338 g/mol. The molecule has 5 heteroatoms. The van der Waals surface area contributed by atoms with Gasteiger partial charge in [0.15, 0.2) is 9.77 Å². The van der Waals surface area contributed by atoms with Crippen LogP contribution in [0.15, 0.2) is 0 Å². The van der Waals surface area contributed by atoms with E-state index < -0.39 is 5.08 Å². The zero-order valence-corrected chi connectivity index (χ0v) is 9.75. The van der Waals surface area contributed by atoms with E-state index in [0.29, 0.717) is 12.8 Å². The van der Waals surface area contributed by atoms with Gasteiger partial charge >= 0.3 is 0 Å². The van der Waals surface area contributed by atoms with E-state index in [1.54, 1.807) is 0 Å². The number of halogens is 4. The molecule has 0 aliphatic carbocycles. The van der Waals surface area contributed by atoms with Crippen molar-refractivity contribution in [2.75, 3.05) is 0 Å². The van der Waals surface area contributed by atoms with Crippen molar-refractivity contribution in [3.63, 3.8) is 0 Å². The highest BCUT2D eigenvalue weighted by Gasteiger charge is 2.12. The lowest BCUT2D eigenvalue weighted by Gasteiger charge is -2.05. The van der Waals surface area contributed by atoms with Crippen LogP contribution < -0.4 is 0 Å². The lowest BCUT2D eigenvalue weighted by molar-refractivity contribution is -0.110. The first-order chi connectivity index (χ1) is 4.52. The van der Waals surface area contributed by atoms with Crippen molar-refractivity contribution in [3.05, 3.63) is 0 Å². The summed E-state index contributed by atoms with van der Waals surface area (Å²) >= 11 is 8.66. The first kappa shape index (κ1) is 11.0. The van der Waals surface area contributed by atoms with Crippen molar-refractivity contribution < 1.29 is 9.18 Å². The van der Waals surface area contributed by atoms with Gasteiger partial charge in [-0.15, -0.1) is 0 Å². The summed E-state index contributed by atoms with van der Waals surface area (Å²) < 4.78 is 12.1. The van der Waals surface area contributed by atoms with Gasteiger partial charge in [0.25, 0.3) is 0 Å². The topological polar surface area (TPSA) is 17.1 Å². The predicted octanol–water partition coefficient (Wildman–Crippen LogP) is 3.14. The van der Waals surface area contributed by atoms with Gasteiger partial charge in [-0.1, -0.05) is 31.9 Å². The molecule has 0 aromatic heterocycles. The Morgan fingerprint density at radius 3 is 2.30 bits per heavy atom. The van der Waals surface area contributed by atoms with E-state index in [9.17, 15) is 9.18 Å². The van der Waals surface area contributed by atoms with Crippen LogP contribution in [0.5, 0.6) is 0 Å². The number of carbonyl (C=O) groups is 1. The molecule has 10 heavy (non-hydrogen) atoms. The van der Waals surface area contributed by atoms with Crippen molar-refractivity contribution in [2.24, 2.45) is 0 Å². The van der Waals surface area contributed by atoms with Gasteiger partial charge in [-0.05, 0) is 15.9 Å². The Morgan fingerprint density at radius 1 is 1.50 bits per heavy atom. The molecule has 0 aromatic rings. The van der Waals surface area contributed by atoms with Crippen LogP contribution in [-0.4, -0.2) is 14.6 Å². The standard InChI is InChI=1S/C5H6Br3FO/c6-3(1-4(7)9)2-5(8)10/h3-4H,1-2H2. The molecule has 60 valence electrons. The maximum atomic E-state index is 12.2. The third kappa shape index (κ3) is 7.15. The lowest BCUT2D eigenvalue weighted by atomic mass is 10.3. The second-order valence-corrected chi connectivity index (χ2v) is 4.96. The Morgan fingerprint density at radius 2 is 2.00 bits per heavy atom. The van der Waals surface area contributed by atoms with Crippen molar-refractivity contribution in [1.82, 2.24) is 0 Å². The minimum Gasteiger partial charge on any atom is -0.287 e. The predicted molar refractivity (Wildman–Crippen MR) is 49.7 cm³/mol. The van der Waals surface area contributed by atoms with Gasteiger partial charge in [-0.2, -0.15) is 0 Å². The number of hydrogen-bond acceptors (Lipinski definition) is 1. The quantitative estimate of drug-likeness (QED) is 0.567. The van der Waals surface area contributed by atoms with Gasteiger partial charge < -0.3 is 0 Å². The molecule has 0 aromatic carbocycles. The molecule has 0 N–H and O–H groups in total. The molecule has 2 atom stereocenters. The average molecular weight is 341 g/mol. The molecular formula is C5H6Br3FO. The second kappa shape index (κ2) is 5.66. The van der Waals surface area contributed by atoms with E-state index in [1.165, 1.54) is 0 Å². The summed E-state index contributed by atoms with van der Waals surface area (Å²) in [6.45, 7) is 0. The van der Waals surface area contributed by atoms with Crippen LogP contribution in [0.4, 0.5) is 4.39 Å². The fraction of sp³-hybridized carbons (Fsp3) is 0.800. The number of rotatable bonds is 4. The third-order valence-corrected chi connectivity index (χ3v) is 2.21. The van der Waals surface area contributed by atoms with Gasteiger partial charge in [-0.3, -0.25) is 4.79 Å². The highest BCUT2D eigenvalue weighted by atomic mass is 79.9. The summed E-state index contributed by atoms with van der Waals surface area (Å²) in [6, 6.07) is 0. The van der Waals surface area contributed by atoms with Crippen molar-refractivity contribution in [2.45, 2.75) is 22.7 Å². The molecule has 2 unspecified atom stereocenters. The Hall–Kier alpha value is 1.04. The molecule has 0 amide bonds. The summed E-state index contributed by atoms with van der Waals surface area (Å²) in [6.07, 6.45) is 0.614. The zero-order chi connectivity index (χ0) is 8.15. The van der Waals surface area contributed by atoms with Crippen LogP contribution in [0.3, 0.4) is 0 Å². The smallest absolute Gasteiger partial charge is 0.198 e. The number of alkyl halides is 3. The number of carbonyl (C=O) groups excluding carboxylic acids is 1. The molecular weight excluding hydrogens is 335 g/mol. The maximum Gasteiger partial charge on any atom is 0.198 e. The number of hydrogen-bond donors (Lipinski definition) is 0. The van der Waals surface area contributed by atoms with Gasteiger partial charge in [0.2, 0.25) is 0 Å². The Balaban J connectivity index is 3.43. The molecule has 0 radical (unpaired) electrons. The van der Waals surface area contributed by atoms with Crippen molar-refractivity contribution in [1.29, 1.82) is 0 Å². The van der Waals surface area contributed by atoms with Crippen molar-refractivity contribution in [3.8, 4) is 0 Å². The summed E-state index contributed by atoms with van der Waals surface area (Å²) in [5, 5.41) is -1.04.